The first-order valence-electron chi connectivity index (χ1n) is 11.9. The first kappa shape index (κ1) is 23.1. The number of benzene rings is 2. The van der Waals surface area contributed by atoms with Crippen molar-refractivity contribution in [1.82, 2.24) is 19.9 Å². The minimum Gasteiger partial charge on any atom is -0.489 e. The molecule has 0 radical (unpaired) electrons. The molecule has 10 heteroatoms. The minimum absolute atomic E-state index is 0.0637. The number of nitrogens with zero attached hydrogens (tertiary/aromatic N) is 5. The largest absolute Gasteiger partial charge is 0.489 e. The quantitative estimate of drug-likeness (QED) is 0.400. The van der Waals surface area contributed by atoms with E-state index in [0.29, 0.717) is 57.5 Å². The van der Waals surface area contributed by atoms with Crippen LogP contribution in [0.5, 0.6) is 5.75 Å². The van der Waals surface area contributed by atoms with Crippen LogP contribution in [0.1, 0.15) is 6.92 Å². The number of hydrogen-bond donors (Lipinski definition) is 1. The number of ether oxygens (including phenoxy) is 2. The van der Waals surface area contributed by atoms with Crippen LogP contribution in [-0.2, 0) is 4.74 Å². The molecule has 4 heterocycles. The van der Waals surface area contributed by atoms with Gasteiger partial charge < -0.3 is 19.7 Å². The zero-order valence-corrected chi connectivity index (χ0v) is 21.0. The Bertz CT molecular complexity index is 1460. The van der Waals surface area contributed by atoms with Crippen molar-refractivity contribution >= 4 is 49.6 Å². The van der Waals surface area contributed by atoms with Gasteiger partial charge in [0.2, 0.25) is 0 Å². The molecule has 8 nitrogen and oxygen atoms in total. The van der Waals surface area contributed by atoms with Crippen LogP contribution in [0.15, 0.2) is 48.4 Å². The molecule has 2 fully saturated rings. The second-order valence-electron chi connectivity index (χ2n) is 9.39. The van der Waals surface area contributed by atoms with Crippen molar-refractivity contribution in [3.63, 3.8) is 0 Å². The van der Waals surface area contributed by atoms with Crippen molar-refractivity contribution < 1.29 is 13.9 Å². The standard InChI is InChI=1S/C26H27FN6O2S/c1-15-10-32(3)6-7-33(15)18-8-21-23(22(9-18)35-16(2)17-11-34-12-17)26(29-13-28-21)31-19-4-5-20-25(24(19)27)36-14-30-20/h4-5,8-9,13-14,16-17H,1,6-7,10-12H2,2-3H3,(H,28,29,31)/t16-/m1/s1. The fourth-order valence-electron chi connectivity index (χ4n) is 4.64. The van der Waals surface area contributed by atoms with Crippen LogP contribution in [0.3, 0.4) is 0 Å². The summed E-state index contributed by atoms with van der Waals surface area (Å²) in [7, 11) is 2.09. The third kappa shape index (κ3) is 4.15. The second kappa shape index (κ2) is 9.27. The van der Waals surface area contributed by atoms with Crippen LogP contribution in [-0.4, -0.2) is 65.9 Å². The molecule has 2 aliphatic heterocycles. The molecule has 6 rings (SSSR count). The summed E-state index contributed by atoms with van der Waals surface area (Å²) in [6, 6.07) is 7.52. The predicted octanol–water partition coefficient (Wildman–Crippen LogP) is 4.80. The molecule has 36 heavy (non-hydrogen) atoms. The van der Waals surface area contributed by atoms with E-state index >= 15 is 4.39 Å². The number of piperazine rings is 1. The Kier molecular flexibility index (Phi) is 5.94. The molecule has 0 saturated carbocycles. The molecule has 0 amide bonds. The SMILES string of the molecule is C=C1CN(C)CCN1c1cc(O[C@H](C)C2COC2)c2c(Nc3ccc4ncsc4c3F)ncnc2c1. The first-order valence-corrected chi connectivity index (χ1v) is 12.8. The Morgan fingerprint density at radius 3 is 2.83 bits per heavy atom. The van der Waals surface area contributed by atoms with Crippen molar-refractivity contribution in [3.05, 3.63) is 54.2 Å². The van der Waals surface area contributed by atoms with Gasteiger partial charge in [0.15, 0.2) is 5.82 Å². The van der Waals surface area contributed by atoms with E-state index in [1.807, 2.05) is 12.1 Å². The lowest BCUT2D eigenvalue weighted by atomic mass is 10.0. The molecule has 2 aromatic heterocycles. The molecule has 0 aliphatic carbocycles. The maximum absolute atomic E-state index is 15.2. The van der Waals surface area contributed by atoms with E-state index in [0.717, 1.165) is 31.0 Å². The fraction of sp³-hybridized carbons (Fsp3) is 0.346. The van der Waals surface area contributed by atoms with Crippen molar-refractivity contribution in [2.24, 2.45) is 5.92 Å². The Morgan fingerprint density at radius 1 is 1.19 bits per heavy atom. The van der Waals surface area contributed by atoms with Gasteiger partial charge in [-0.2, -0.15) is 0 Å². The third-order valence-corrected chi connectivity index (χ3v) is 7.70. The zero-order valence-electron chi connectivity index (χ0n) is 20.2. The lowest BCUT2D eigenvalue weighted by Crippen LogP contribution is -2.42. The zero-order chi connectivity index (χ0) is 24.8. The number of nitrogens with one attached hydrogen (secondary N) is 1. The molecule has 1 N–H and O–H groups in total. The number of aromatic nitrogens is 3. The van der Waals surface area contributed by atoms with E-state index in [2.05, 4.69) is 50.6 Å². The van der Waals surface area contributed by atoms with E-state index in [4.69, 9.17) is 9.47 Å². The van der Waals surface area contributed by atoms with Gasteiger partial charge in [0.25, 0.3) is 0 Å². The van der Waals surface area contributed by atoms with E-state index in [-0.39, 0.29) is 11.9 Å². The van der Waals surface area contributed by atoms with Gasteiger partial charge in [-0.25, -0.2) is 19.3 Å². The first-order chi connectivity index (χ1) is 17.5. The molecule has 186 valence electrons. The van der Waals surface area contributed by atoms with Gasteiger partial charge in [-0.3, -0.25) is 4.90 Å². The highest BCUT2D eigenvalue weighted by atomic mass is 32.1. The lowest BCUT2D eigenvalue weighted by molar-refractivity contribution is -0.0773. The summed E-state index contributed by atoms with van der Waals surface area (Å²) in [6.07, 6.45) is 1.43. The fourth-order valence-corrected chi connectivity index (χ4v) is 5.37. The van der Waals surface area contributed by atoms with Gasteiger partial charge in [-0.15, -0.1) is 11.3 Å². The molecule has 0 unspecified atom stereocenters. The van der Waals surface area contributed by atoms with Gasteiger partial charge in [0.05, 0.1) is 45.5 Å². The van der Waals surface area contributed by atoms with Gasteiger partial charge in [-0.05, 0) is 32.2 Å². The number of fused-ring (bicyclic) bond motifs is 2. The Labute approximate surface area is 212 Å². The average molecular weight is 507 g/mol. The van der Waals surface area contributed by atoms with Crippen molar-refractivity contribution in [2.45, 2.75) is 13.0 Å². The molecular formula is C26H27FN6O2S. The highest BCUT2D eigenvalue weighted by Crippen LogP contribution is 2.39. The van der Waals surface area contributed by atoms with Gasteiger partial charge in [0.1, 0.15) is 24.0 Å². The summed E-state index contributed by atoms with van der Waals surface area (Å²) >= 11 is 1.27. The average Bonchev–Trinajstić information content (AvgIpc) is 3.29. The molecule has 1 atom stereocenters. The number of thiazole rings is 1. The Balaban J connectivity index is 1.44. The Morgan fingerprint density at radius 2 is 2.06 bits per heavy atom. The van der Waals surface area contributed by atoms with Crippen molar-refractivity contribution in [3.8, 4) is 5.75 Å². The number of rotatable bonds is 6. The highest BCUT2D eigenvalue weighted by Gasteiger charge is 2.28. The topological polar surface area (TPSA) is 75.6 Å². The van der Waals surface area contributed by atoms with Crippen molar-refractivity contribution in [1.29, 1.82) is 0 Å². The van der Waals surface area contributed by atoms with E-state index < -0.39 is 0 Å². The molecule has 2 saturated heterocycles. The number of halogens is 1. The van der Waals surface area contributed by atoms with Crippen LogP contribution in [0.4, 0.5) is 21.6 Å². The van der Waals surface area contributed by atoms with Crippen LogP contribution >= 0.6 is 11.3 Å². The smallest absolute Gasteiger partial charge is 0.166 e. The van der Waals surface area contributed by atoms with E-state index in [1.165, 1.54) is 17.7 Å². The van der Waals surface area contributed by atoms with Crippen LogP contribution < -0.4 is 15.0 Å². The maximum Gasteiger partial charge on any atom is 0.166 e. The third-order valence-electron chi connectivity index (χ3n) is 6.87. The highest BCUT2D eigenvalue weighted by molar-refractivity contribution is 7.16. The monoisotopic (exact) mass is 506 g/mol. The van der Waals surface area contributed by atoms with Gasteiger partial charge >= 0.3 is 0 Å². The molecule has 4 aromatic rings. The van der Waals surface area contributed by atoms with E-state index in [1.54, 1.807) is 17.6 Å². The molecule has 2 aliphatic rings. The Hall–Kier alpha value is -3.34. The number of anilines is 3. The summed E-state index contributed by atoms with van der Waals surface area (Å²) in [5.74, 6) is 1.10. The summed E-state index contributed by atoms with van der Waals surface area (Å²) in [6.45, 7) is 10.2. The van der Waals surface area contributed by atoms with E-state index in [9.17, 15) is 0 Å². The van der Waals surface area contributed by atoms with Crippen LogP contribution in [0.2, 0.25) is 0 Å². The number of likely N-dealkylation sites (N-methyl/N-ethyl adjacent to an activating group) is 1. The van der Waals surface area contributed by atoms with Gasteiger partial charge in [-0.1, -0.05) is 6.58 Å². The van der Waals surface area contributed by atoms with Crippen LogP contribution in [0.25, 0.3) is 21.1 Å². The lowest BCUT2D eigenvalue weighted by Gasteiger charge is -2.36. The molecular weight excluding hydrogens is 479 g/mol. The summed E-state index contributed by atoms with van der Waals surface area (Å²) in [4.78, 5) is 17.7. The van der Waals surface area contributed by atoms with Gasteiger partial charge in [0, 0.05) is 43.0 Å². The summed E-state index contributed by atoms with van der Waals surface area (Å²) in [5.41, 5.74) is 5.30. The molecule has 0 bridgehead atoms. The summed E-state index contributed by atoms with van der Waals surface area (Å²) in [5, 5.41) is 3.90. The molecule has 2 aromatic carbocycles. The number of hydrogen-bond acceptors (Lipinski definition) is 9. The predicted molar refractivity (Wildman–Crippen MR) is 141 cm³/mol. The van der Waals surface area contributed by atoms with Crippen molar-refractivity contribution in [2.75, 3.05) is 50.1 Å². The second-order valence-corrected chi connectivity index (χ2v) is 10.2. The molecule has 0 spiro atoms. The maximum atomic E-state index is 15.2. The normalized spacial score (nSPS) is 18.0. The summed E-state index contributed by atoms with van der Waals surface area (Å²) < 4.78 is 27.6. The minimum atomic E-state index is -0.352. The van der Waals surface area contributed by atoms with Crippen LogP contribution in [0, 0.1) is 11.7 Å².